The minimum absolute atomic E-state index is 0.00704. The van der Waals surface area contributed by atoms with Crippen LogP contribution in [0, 0.1) is 5.92 Å². The summed E-state index contributed by atoms with van der Waals surface area (Å²) < 4.78 is 5.93. The number of hydrogen-bond acceptors (Lipinski definition) is 2. The predicted molar refractivity (Wildman–Crippen MR) is 71.4 cm³/mol. The summed E-state index contributed by atoms with van der Waals surface area (Å²) in [6.07, 6.45) is 6.62. The Hall–Kier alpha value is -0.860. The molecule has 1 fully saturated rings. The highest BCUT2D eigenvalue weighted by Crippen LogP contribution is 2.34. The average Bonchev–Trinajstić information content (AvgIpc) is 3.21. The van der Waals surface area contributed by atoms with Crippen LogP contribution in [0.4, 0.5) is 0 Å². The third-order valence-corrected chi connectivity index (χ3v) is 4.22. The van der Waals surface area contributed by atoms with Gasteiger partial charge in [0, 0.05) is 6.61 Å². The van der Waals surface area contributed by atoms with E-state index in [0.29, 0.717) is 0 Å². The van der Waals surface area contributed by atoms with E-state index in [1.165, 1.54) is 24.8 Å². The molecule has 2 nitrogen and oxygen atoms in total. The van der Waals surface area contributed by atoms with Gasteiger partial charge in [-0.3, -0.25) is 0 Å². The summed E-state index contributed by atoms with van der Waals surface area (Å²) >= 11 is 0. The fraction of sp³-hybridized carbons (Fsp3) is 0.625. The van der Waals surface area contributed by atoms with E-state index < -0.39 is 6.10 Å². The molecule has 2 aliphatic rings. The molecule has 2 unspecified atom stereocenters. The second-order valence-corrected chi connectivity index (χ2v) is 5.68. The Morgan fingerprint density at radius 1 is 1.17 bits per heavy atom. The first-order valence-corrected chi connectivity index (χ1v) is 7.22. The Bertz CT molecular complexity index is 398. The van der Waals surface area contributed by atoms with E-state index in [0.717, 1.165) is 37.4 Å². The van der Waals surface area contributed by atoms with E-state index in [1.807, 2.05) is 12.1 Å². The van der Waals surface area contributed by atoms with Crippen LogP contribution in [0.15, 0.2) is 24.3 Å². The third-order valence-electron chi connectivity index (χ3n) is 4.22. The maximum absolute atomic E-state index is 10.5. The second-order valence-electron chi connectivity index (χ2n) is 5.68. The van der Waals surface area contributed by atoms with Gasteiger partial charge < -0.3 is 9.84 Å². The Labute approximate surface area is 109 Å². The van der Waals surface area contributed by atoms with Crippen molar-refractivity contribution >= 4 is 0 Å². The van der Waals surface area contributed by atoms with Gasteiger partial charge in [0.2, 0.25) is 0 Å². The lowest BCUT2D eigenvalue weighted by molar-refractivity contribution is -0.0434. The Balaban J connectivity index is 1.64. The van der Waals surface area contributed by atoms with Gasteiger partial charge >= 0.3 is 0 Å². The van der Waals surface area contributed by atoms with Crippen molar-refractivity contribution in [3.63, 3.8) is 0 Å². The molecular formula is C16H22O2. The Kier molecular flexibility index (Phi) is 3.67. The van der Waals surface area contributed by atoms with Crippen LogP contribution in [-0.2, 0) is 11.2 Å². The highest BCUT2D eigenvalue weighted by Gasteiger charge is 2.27. The molecule has 18 heavy (non-hydrogen) atoms. The van der Waals surface area contributed by atoms with Crippen LogP contribution in [0.5, 0.6) is 0 Å². The maximum atomic E-state index is 10.5. The molecule has 0 aromatic heterocycles. The van der Waals surface area contributed by atoms with Crippen LogP contribution >= 0.6 is 0 Å². The maximum Gasteiger partial charge on any atom is 0.105 e. The van der Waals surface area contributed by atoms with Crippen LogP contribution < -0.4 is 0 Å². The van der Waals surface area contributed by atoms with E-state index in [2.05, 4.69) is 12.1 Å². The fourth-order valence-corrected chi connectivity index (χ4v) is 2.87. The molecule has 1 aromatic carbocycles. The van der Waals surface area contributed by atoms with E-state index in [1.54, 1.807) is 0 Å². The first-order chi connectivity index (χ1) is 8.84. The first-order valence-electron chi connectivity index (χ1n) is 7.22. The molecule has 2 aliphatic carbocycles. The van der Waals surface area contributed by atoms with Crippen molar-refractivity contribution in [2.75, 3.05) is 6.61 Å². The lowest BCUT2D eigenvalue weighted by atomic mass is 10.0. The summed E-state index contributed by atoms with van der Waals surface area (Å²) in [7, 11) is 0. The smallest absolute Gasteiger partial charge is 0.105 e. The van der Waals surface area contributed by atoms with Gasteiger partial charge in [-0.25, -0.2) is 0 Å². The van der Waals surface area contributed by atoms with Crippen molar-refractivity contribution < 1.29 is 9.84 Å². The Morgan fingerprint density at radius 3 is 2.83 bits per heavy atom. The number of rotatable bonds is 4. The van der Waals surface area contributed by atoms with Gasteiger partial charge in [0.1, 0.15) is 6.10 Å². The molecular weight excluding hydrogens is 224 g/mol. The molecule has 2 heteroatoms. The molecule has 98 valence electrons. The van der Waals surface area contributed by atoms with Crippen LogP contribution in [0.1, 0.15) is 49.3 Å². The summed E-state index contributed by atoms with van der Waals surface area (Å²) in [5.74, 6) is 0.903. The molecule has 3 rings (SSSR count). The quantitative estimate of drug-likeness (QED) is 0.826. The standard InChI is InChI=1S/C16H22O2/c17-16-14-6-2-1-4-13(14)5-3-7-15(16)18-11-10-12-8-9-12/h1-2,4,6,12,15-17H,3,5,7-11H2. The fourth-order valence-electron chi connectivity index (χ4n) is 2.87. The highest BCUT2D eigenvalue weighted by molar-refractivity contribution is 5.30. The van der Waals surface area contributed by atoms with Gasteiger partial charge in [0.15, 0.2) is 0 Å². The highest BCUT2D eigenvalue weighted by atomic mass is 16.5. The number of aliphatic hydroxyl groups is 1. The average molecular weight is 246 g/mol. The molecule has 1 aromatic rings. The van der Waals surface area contributed by atoms with Gasteiger partial charge in [0.05, 0.1) is 6.10 Å². The number of aryl methyl sites for hydroxylation is 1. The molecule has 1 N–H and O–H groups in total. The molecule has 0 radical (unpaired) electrons. The second kappa shape index (κ2) is 5.41. The van der Waals surface area contributed by atoms with Crippen molar-refractivity contribution in [2.24, 2.45) is 5.92 Å². The summed E-state index contributed by atoms with van der Waals surface area (Å²) in [6, 6.07) is 8.24. The number of ether oxygens (including phenoxy) is 1. The number of benzene rings is 1. The lowest BCUT2D eigenvalue weighted by Gasteiger charge is -2.22. The zero-order valence-electron chi connectivity index (χ0n) is 10.8. The molecule has 0 amide bonds. The van der Waals surface area contributed by atoms with Crippen LogP contribution in [-0.4, -0.2) is 17.8 Å². The van der Waals surface area contributed by atoms with E-state index in [-0.39, 0.29) is 6.10 Å². The van der Waals surface area contributed by atoms with Gasteiger partial charge in [-0.05, 0) is 42.7 Å². The summed E-state index contributed by atoms with van der Waals surface area (Å²) in [4.78, 5) is 0. The van der Waals surface area contributed by atoms with Crippen molar-refractivity contribution in [2.45, 2.75) is 50.7 Å². The molecule has 0 saturated heterocycles. The minimum Gasteiger partial charge on any atom is -0.386 e. The molecule has 0 heterocycles. The van der Waals surface area contributed by atoms with Crippen molar-refractivity contribution in [3.8, 4) is 0 Å². The number of hydrogen-bond donors (Lipinski definition) is 1. The van der Waals surface area contributed by atoms with Gasteiger partial charge in [-0.15, -0.1) is 0 Å². The number of fused-ring (bicyclic) bond motifs is 1. The molecule has 2 atom stereocenters. The van der Waals surface area contributed by atoms with Crippen molar-refractivity contribution in [1.82, 2.24) is 0 Å². The lowest BCUT2D eigenvalue weighted by Crippen LogP contribution is -2.22. The van der Waals surface area contributed by atoms with Crippen molar-refractivity contribution in [1.29, 1.82) is 0 Å². The van der Waals surface area contributed by atoms with E-state index >= 15 is 0 Å². The van der Waals surface area contributed by atoms with Gasteiger partial charge in [-0.2, -0.15) is 0 Å². The first kappa shape index (κ1) is 12.2. The zero-order valence-corrected chi connectivity index (χ0v) is 10.8. The number of aliphatic hydroxyl groups excluding tert-OH is 1. The molecule has 0 bridgehead atoms. The Morgan fingerprint density at radius 2 is 2.00 bits per heavy atom. The van der Waals surface area contributed by atoms with Crippen LogP contribution in [0.25, 0.3) is 0 Å². The van der Waals surface area contributed by atoms with E-state index in [9.17, 15) is 5.11 Å². The van der Waals surface area contributed by atoms with E-state index in [4.69, 9.17) is 4.74 Å². The topological polar surface area (TPSA) is 29.5 Å². The minimum atomic E-state index is -0.442. The van der Waals surface area contributed by atoms with Gasteiger partial charge in [-0.1, -0.05) is 37.1 Å². The molecule has 0 spiro atoms. The van der Waals surface area contributed by atoms with Gasteiger partial charge in [0.25, 0.3) is 0 Å². The van der Waals surface area contributed by atoms with Crippen LogP contribution in [0.3, 0.4) is 0 Å². The molecule has 0 aliphatic heterocycles. The normalized spacial score (nSPS) is 27.6. The zero-order chi connectivity index (χ0) is 12.4. The van der Waals surface area contributed by atoms with Crippen LogP contribution in [0.2, 0.25) is 0 Å². The third kappa shape index (κ3) is 2.76. The SMILES string of the molecule is OC1c2ccccc2CCCC1OCCC1CC1. The summed E-state index contributed by atoms with van der Waals surface area (Å²) in [5.41, 5.74) is 2.37. The summed E-state index contributed by atoms with van der Waals surface area (Å²) in [5, 5.41) is 10.5. The largest absolute Gasteiger partial charge is 0.386 e. The monoisotopic (exact) mass is 246 g/mol. The predicted octanol–water partition coefficient (Wildman–Crippen LogP) is 3.24. The molecule has 1 saturated carbocycles. The van der Waals surface area contributed by atoms with Crippen molar-refractivity contribution in [3.05, 3.63) is 35.4 Å². The summed E-state index contributed by atoms with van der Waals surface area (Å²) in [6.45, 7) is 0.814.